The van der Waals surface area contributed by atoms with Crippen LogP contribution in [0.4, 0.5) is 0 Å². The van der Waals surface area contributed by atoms with Gasteiger partial charge >= 0.3 is 0 Å². The summed E-state index contributed by atoms with van der Waals surface area (Å²) in [6.07, 6.45) is 0.582. The largest absolute Gasteiger partial charge is 0.493 e. The zero-order valence-corrected chi connectivity index (χ0v) is 20.4. The molecule has 4 aromatic rings. The van der Waals surface area contributed by atoms with E-state index in [1.54, 1.807) is 55.2 Å². The quantitative estimate of drug-likeness (QED) is 0.179. The summed E-state index contributed by atoms with van der Waals surface area (Å²) in [5, 5.41) is 1.62. The number of rotatable bonds is 9. The van der Waals surface area contributed by atoms with Crippen molar-refractivity contribution in [1.29, 1.82) is 0 Å². The summed E-state index contributed by atoms with van der Waals surface area (Å²) in [5.41, 5.74) is 2.03. The van der Waals surface area contributed by atoms with Gasteiger partial charge in [0.05, 0.1) is 30.9 Å². The number of aryl methyl sites for hydroxylation is 1. The molecule has 1 heterocycles. The standard InChI is InChI=1S/C26H23ClN2O4S/c1-32-23-12-7-17(15-24(23)33-2)13-14-29-25(31)20-5-3-4-6-21(20)28-26(29)34-16-22(30)18-8-10-19(27)11-9-18/h3-12,15H,13-14,16H2,1-2H3. The predicted octanol–water partition coefficient (Wildman–Crippen LogP) is 5.28. The summed E-state index contributed by atoms with van der Waals surface area (Å²) in [6, 6.07) is 19.7. The van der Waals surface area contributed by atoms with E-state index in [0.29, 0.717) is 51.1 Å². The number of hydrogen-bond acceptors (Lipinski definition) is 6. The fraction of sp³-hybridized carbons (Fsp3) is 0.192. The number of hydrogen-bond donors (Lipinski definition) is 0. The molecule has 0 fully saturated rings. The molecule has 0 bridgehead atoms. The zero-order valence-electron chi connectivity index (χ0n) is 18.8. The summed E-state index contributed by atoms with van der Waals surface area (Å²) >= 11 is 7.18. The summed E-state index contributed by atoms with van der Waals surface area (Å²) in [6.45, 7) is 0.406. The van der Waals surface area contributed by atoms with Gasteiger partial charge in [-0.05, 0) is 60.5 Å². The van der Waals surface area contributed by atoms with E-state index >= 15 is 0 Å². The molecule has 174 valence electrons. The molecule has 0 spiro atoms. The fourth-order valence-corrected chi connectivity index (χ4v) is 4.63. The van der Waals surface area contributed by atoms with Gasteiger partial charge in [0.1, 0.15) is 0 Å². The second-order valence-electron chi connectivity index (χ2n) is 7.53. The van der Waals surface area contributed by atoms with E-state index in [0.717, 1.165) is 5.56 Å². The van der Waals surface area contributed by atoms with Crippen LogP contribution in [-0.4, -0.2) is 35.3 Å². The normalized spacial score (nSPS) is 10.9. The topological polar surface area (TPSA) is 70.4 Å². The van der Waals surface area contributed by atoms with Gasteiger partial charge in [-0.25, -0.2) is 4.98 Å². The first-order chi connectivity index (χ1) is 16.5. The molecule has 0 radical (unpaired) electrons. The van der Waals surface area contributed by atoms with Crippen LogP contribution in [0.5, 0.6) is 11.5 Å². The Hall–Kier alpha value is -3.29. The molecule has 0 aliphatic carbocycles. The number of carbonyl (C=O) groups excluding carboxylic acids is 1. The van der Waals surface area contributed by atoms with Gasteiger partial charge in [-0.2, -0.15) is 0 Å². The van der Waals surface area contributed by atoms with E-state index < -0.39 is 0 Å². The Kier molecular flexibility index (Phi) is 7.55. The highest BCUT2D eigenvalue weighted by Gasteiger charge is 2.15. The van der Waals surface area contributed by atoms with Gasteiger partial charge in [-0.15, -0.1) is 0 Å². The molecule has 0 unspecified atom stereocenters. The number of thioether (sulfide) groups is 1. The molecule has 3 aromatic carbocycles. The van der Waals surface area contributed by atoms with E-state index in [1.165, 1.54) is 11.8 Å². The second kappa shape index (κ2) is 10.8. The lowest BCUT2D eigenvalue weighted by atomic mass is 10.1. The maximum absolute atomic E-state index is 13.3. The van der Waals surface area contributed by atoms with Gasteiger partial charge in [0.15, 0.2) is 22.4 Å². The van der Waals surface area contributed by atoms with Gasteiger partial charge in [0.2, 0.25) is 0 Å². The molecule has 34 heavy (non-hydrogen) atoms. The molecule has 0 amide bonds. The Morgan fingerprint density at radius 2 is 1.74 bits per heavy atom. The monoisotopic (exact) mass is 494 g/mol. The molecule has 4 rings (SSSR count). The van der Waals surface area contributed by atoms with Crippen LogP contribution in [0.1, 0.15) is 15.9 Å². The molecule has 0 aliphatic heterocycles. The Morgan fingerprint density at radius 3 is 2.47 bits per heavy atom. The molecule has 1 aromatic heterocycles. The molecule has 0 N–H and O–H groups in total. The third-order valence-electron chi connectivity index (χ3n) is 5.40. The fourth-order valence-electron chi connectivity index (χ4n) is 3.58. The Morgan fingerprint density at radius 1 is 1.00 bits per heavy atom. The van der Waals surface area contributed by atoms with Crippen molar-refractivity contribution in [3.05, 3.63) is 93.2 Å². The summed E-state index contributed by atoms with van der Waals surface area (Å²) in [7, 11) is 3.18. The summed E-state index contributed by atoms with van der Waals surface area (Å²) in [5.74, 6) is 1.37. The Bertz CT molecular complexity index is 1390. The minimum atomic E-state index is -0.132. The van der Waals surface area contributed by atoms with Crippen LogP contribution < -0.4 is 15.0 Å². The van der Waals surface area contributed by atoms with E-state index in [2.05, 4.69) is 0 Å². The van der Waals surface area contributed by atoms with E-state index in [4.69, 9.17) is 26.1 Å². The molecule has 8 heteroatoms. The maximum Gasteiger partial charge on any atom is 0.262 e. The van der Waals surface area contributed by atoms with Gasteiger partial charge in [-0.1, -0.05) is 41.6 Å². The summed E-state index contributed by atoms with van der Waals surface area (Å²) < 4.78 is 12.3. The second-order valence-corrected chi connectivity index (χ2v) is 8.91. The maximum atomic E-state index is 13.3. The smallest absolute Gasteiger partial charge is 0.262 e. The van der Waals surface area contributed by atoms with Crippen molar-refractivity contribution in [2.24, 2.45) is 0 Å². The third kappa shape index (κ3) is 5.26. The lowest BCUT2D eigenvalue weighted by Gasteiger charge is -2.14. The lowest BCUT2D eigenvalue weighted by Crippen LogP contribution is -2.24. The number of Topliss-reactive ketones (excluding diaryl/α,β-unsaturated/α-hetero) is 1. The van der Waals surface area contributed by atoms with Gasteiger partial charge < -0.3 is 9.47 Å². The Labute approximate surface area is 206 Å². The molecule has 0 atom stereocenters. The number of aromatic nitrogens is 2. The van der Waals surface area contributed by atoms with Crippen molar-refractivity contribution < 1.29 is 14.3 Å². The number of benzene rings is 3. The SMILES string of the molecule is COc1ccc(CCn2c(SCC(=O)c3ccc(Cl)cc3)nc3ccccc3c2=O)cc1OC. The zero-order chi connectivity index (χ0) is 24.1. The van der Waals surface area contributed by atoms with E-state index in [1.807, 2.05) is 30.3 Å². The predicted molar refractivity (Wildman–Crippen MR) is 136 cm³/mol. The van der Waals surface area contributed by atoms with Crippen LogP contribution in [0.3, 0.4) is 0 Å². The van der Waals surface area contributed by atoms with E-state index in [-0.39, 0.29) is 17.1 Å². The molecular formula is C26H23ClN2O4S. The van der Waals surface area contributed by atoms with Crippen molar-refractivity contribution in [1.82, 2.24) is 9.55 Å². The highest BCUT2D eigenvalue weighted by Crippen LogP contribution is 2.28. The average molecular weight is 495 g/mol. The number of ketones is 1. The molecule has 0 saturated carbocycles. The first kappa shape index (κ1) is 23.9. The average Bonchev–Trinajstić information content (AvgIpc) is 2.87. The van der Waals surface area contributed by atoms with Crippen molar-refractivity contribution in [2.45, 2.75) is 18.1 Å². The van der Waals surface area contributed by atoms with Crippen LogP contribution in [0.25, 0.3) is 10.9 Å². The number of halogens is 1. The Balaban J connectivity index is 1.61. The van der Waals surface area contributed by atoms with Crippen molar-refractivity contribution in [3.63, 3.8) is 0 Å². The highest BCUT2D eigenvalue weighted by atomic mass is 35.5. The third-order valence-corrected chi connectivity index (χ3v) is 6.63. The van der Waals surface area contributed by atoms with Crippen molar-refractivity contribution >= 4 is 40.0 Å². The van der Waals surface area contributed by atoms with Crippen molar-refractivity contribution in [3.8, 4) is 11.5 Å². The van der Waals surface area contributed by atoms with Crippen LogP contribution >= 0.6 is 23.4 Å². The van der Waals surface area contributed by atoms with Gasteiger partial charge in [0.25, 0.3) is 5.56 Å². The molecule has 0 saturated heterocycles. The molecule has 6 nitrogen and oxygen atoms in total. The van der Waals surface area contributed by atoms with Gasteiger partial charge in [0, 0.05) is 17.1 Å². The highest BCUT2D eigenvalue weighted by molar-refractivity contribution is 7.99. The number of carbonyl (C=O) groups is 1. The number of nitrogens with zero attached hydrogens (tertiary/aromatic N) is 2. The first-order valence-corrected chi connectivity index (χ1v) is 12.0. The van der Waals surface area contributed by atoms with Crippen LogP contribution in [0.15, 0.2) is 76.7 Å². The number of fused-ring (bicyclic) bond motifs is 1. The van der Waals surface area contributed by atoms with Gasteiger partial charge in [-0.3, -0.25) is 14.2 Å². The van der Waals surface area contributed by atoms with Crippen LogP contribution in [-0.2, 0) is 13.0 Å². The minimum absolute atomic E-state index is 0.0597. The van der Waals surface area contributed by atoms with Crippen LogP contribution in [0.2, 0.25) is 5.02 Å². The van der Waals surface area contributed by atoms with E-state index in [9.17, 15) is 9.59 Å². The van der Waals surface area contributed by atoms with Crippen molar-refractivity contribution in [2.75, 3.05) is 20.0 Å². The molecule has 0 aliphatic rings. The summed E-state index contributed by atoms with van der Waals surface area (Å²) in [4.78, 5) is 30.7. The number of ether oxygens (including phenoxy) is 2. The minimum Gasteiger partial charge on any atom is -0.493 e. The first-order valence-electron chi connectivity index (χ1n) is 10.6. The number of methoxy groups -OCH3 is 2. The van der Waals surface area contributed by atoms with Crippen LogP contribution in [0, 0.1) is 0 Å². The molecular weight excluding hydrogens is 472 g/mol. The lowest BCUT2D eigenvalue weighted by molar-refractivity contribution is 0.102. The number of para-hydroxylation sites is 1.